The molecule has 33 heavy (non-hydrogen) atoms. The van der Waals surface area contributed by atoms with Crippen LogP contribution in [0, 0.1) is 0 Å². The first-order chi connectivity index (χ1) is 16.1. The summed E-state index contributed by atoms with van der Waals surface area (Å²) >= 11 is 1.37. The Hall–Kier alpha value is -3.65. The fraction of sp³-hybridized carbons (Fsp3) is 0.240. The number of benzene rings is 2. The highest BCUT2D eigenvalue weighted by Crippen LogP contribution is 2.34. The van der Waals surface area contributed by atoms with Gasteiger partial charge in [-0.15, -0.1) is 11.3 Å². The second-order valence-corrected chi connectivity index (χ2v) is 8.65. The van der Waals surface area contributed by atoms with Gasteiger partial charge in [-0.25, -0.2) is 4.79 Å². The van der Waals surface area contributed by atoms with Crippen molar-refractivity contribution in [1.82, 2.24) is 10.2 Å². The Morgan fingerprint density at radius 1 is 1.03 bits per heavy atom. The lowest BCUT2D eigenvalue weighted by Crippen LogP contribution is -2.46. The maximum absolute atomic E-state index is 13.0. The third-order valence-electron chi connectivity index (χ3n) is 5.34. The van der Waals surface area contributed by atoms with Crippen molar-refractivity contribution in [3.8, 4) is 0 Å². The molecule has 2 heterocycles. The van der Waals surface area contributed by atoms with Gasteiger partial charge < -0.3 is 15.4 Å². The largest absolute Gasteiger partial charge is 0.438 e. The number of rotatable bonds is 8. The molecule has 170 valence electrons. The van der Waals surface area contributed by atoms with Crippen molar-refractivity contribution in [1.29, 1.82) is 0 Å². The third kappa shape index (κ3) is 5.23. The fourth-order valence-electron chi connectivity index (χ4n) is 3.70. The number of cyclic esters (lactones) is 1. The van der Waals surface area contributed by atoms with Crippen molar-refractivity contribution >= 4 is 34.9 Å². The van der Waals surface area contributed by atoms with Crippen LogP contribution >= 0.6 is 11.3 Å². The van der Waals surface area contributed by atoms with Crippen molar-refractivity contribution in [2.24, 2.45) is 0 Å². The monoisotopic (exact) mass is 463 g/mol. The molecule has 0 aliphatic carbocycles. The lowest BCUT2D eigenvalue weighted by molar-refractivity contribution is -0.126. The maximum atomic E-state index is 13.0. The predicted octanol–water partition coefficient (Wildman–Crippen LogP) is 4.59. The third-order valence-corrected chi connectivity index (χ3v) is 6.21. The van der Waals surface area contributed by atoms with Crippen LogP contribution in [-0.2, 0) is 16.1 Å². The molecule has 7 nitrogen and oxygen atoms in total. The van der Waals surface area contributed by atoms with Crippen LogP contribution in [0.1, 0.15) is 40.2 Å². The van der Waals surface area contributed by atoms with E-state index in [0.717, 1.165) is 12.0 Å². The number of nitrogens with zero attached hydrogens (tertiary/aromatic N) is 1. The van der Waals surface area contributed by atoms with Crippen LogP contribution in [0.25, 0.3) is 0 Å². The SMILES string of the molecule is CCCNC(=O)C1C(c2ccc(NC(=O)c3cccs3)cc2)OC(=O)N1Cc1ccccc1. The van der Waals surface area contributed by atoms with E-state index in [4.69, 9.17) is 4.74 Å². The van der Waals surface area contributed by atoms with Gasteiger partial charge >= 0.3 is 6.09 Å². The Bertz CT molecular complexity index is 1100. The van der Waals surface area contributed by atoms with Crippen molar-refractivity contribution in [2.75, 3.05) is 11.9 Å². The van der Waals surface area contributed by atoms with Gasteiger partial charge in [0.15, 0.2) is 12.1 Å². The number of thiophene rings is 1. The first-order valence-electron chi connectivity index (χ1n) is 10.8. The number of carbonyl (C=O) groups is 3. The first-order valence-corrected chi connectivity index (χ1v) is 11.7. The Labute approximate surface area is 196 Å². The smallest absolute Gasteiger partial charge is 0.411 e. The van der Waals surface area contributed by atoms with Crippen molar-refractivity contribution in [2.45, 2.75) is 32.0 Å². The molecule has 1 saturated heterocycles. The average Bonchev–Trinajstić information content (AvgIpc) is 3.48. The van der Waals surface area contributed by atoms with Gasteiger partial charge in [-0.3, -0.25) is 14.5 Å². The van der Waals surface area contributed by atoms with Crippen LogP contribution in [0.4, 0.5) is 10.5 Å². The summed E-state index contributed by atoms with van der Waals surface area (Å²) in [6.07, 6.45) is -0.495. The number of nitrogens with one attached hydrogen (secondary N) is 2. The van der Waals surface area contributed by atoms with E-state index in [-0.39, 0.29) is 18.4 Å². The van der Waals surface area contributed by atoms with Crippen molar-refractivity contribution in [3.63, 3.8) is 0 Å². The number of hydrogen-bond donors (Lipinski definition) is 2. The fourth-order valence-corrected chi connectivity index (χ4v) is 4.32. The minimum Gasteiger partial charge on any atom is -0.438 e. The second-order valence-electron chi connectivity index (χ2n) is 7.71. The molecule has 1 aliphatic heterocycles. The number of hydrogen-bond acceptors (Lipinski definition) is 5. The molecular formula is C25H25N3O4S. The Morgan fingerprint density at radius 3 is 2.45 bits per heavy atom. The highest BCUT2D eigenvalue weighted by molar-refractivity contribution is 7.12. The quantitative estimate of drug-likeness (QED) is 0.512. The molecule has 3 aromatic rings. The normalized spacial score (nSPS) is 17.5. The van der Waals surface area contributed by atoms with Gasteiger partial charge in [0.1, 0.15) is 0 Å². The van der Waals surface area contributed by atoms with Gasteiger partial charge in [-0.1, -0.05) is 55.5 Å². The van der Waals surface area contributed by atoms with Crippen LogP contribution < -0.4 is 10.6 Å². The van der Waals surface area contributed by atoms with E-state index in [0.29, 0.717) is 22.7 Å². The van der Waals surface area contributed by atoms with E-state index in [9.17, 15) is 14.4 Å². The number of ether oxygens (including phenoxy) is 1. The van der Waals surface area contributed by atoms with Gasteiger partial charge in [0.05, 0.1) is 11.4 Å². The molecule has 2 atom stereocenters. The molecule has 8 heteroatoms. The molecular weight excluding hydrogens is 438 g/mol. The standard InChI is InChI=1S/C25H25N3O4S/c1-2-14-26-24(30)21-22(32-25(31)28(21)16-17-7-4-3-5-8-17)18-10-12-19(13-11-18)27-23(29)20-9-6-15-33-20/h3-13,15,21-22H,2,14,16H2,1H3,(H,26,30)(H,27,29). The van der Waals surface area contributed by atoms with Crippen molar-refractivity contribution in [3.05, 3.63) is 88.1 Å². The summed E-state index contributed by atoms with van der Waals surface area (Å²) in [5.41, 5.74) is 2.22. The predicted molar refractivity (Wildman–Crippen MR) is 127 cm³/mol. The summed E-state index contributed by atoms with van der Waals surface area (Å²) in [5.74, 6) is -0.436. The van der Waals surface area contributed by atoms with Crippen molar-refractivity contribution < 1.29 is 19.1 Å². The highest BCUT2D eigenvalue weighted by Gasteiger charge is 2.46. The topological polar surface area (TPSA) is 87.7 Å². The Morgan fingerprint density at radius 2 is 1.79 bits per heavy atom. The number of carbonyl (C=O) groups excluding carboxylic acids is 3. The number of amides is 3. The van der Waals surface area contributed by atoms with Gasteiger partial charge in [-0.2, -0.15) is 0 Å². The van der Waals surface area contributed by atoms with Gasteiger partial charge in [0.25, 0.3) is 5.91 Å². The molecule has 2 aromatic carbocycles. The summed E-state index contributed by atoms with van der Waals surface area (Å²) in [6, 6.07) is 19.3. The van der Waals surface area contributed by atoms with E-state index in [1.807, 2.05) is 48.7 Å². The van der Waals surface area contributed by atoms with E-state index in [2.05, 4.69) is 10.6 Å². The summed E-state index contributed by atoms with van der Waals surface area (Å²) in [4.78, 5) is 40.2. The molecule has 0 bridgehead atoms. The minimum atomic E-state index is -0.796. The molecule has 2 unspecified atom stereocenters. The minimum absolute atomic E-state index is 0.184. The highest BCUT2D eigenvalue weighted by atomic mass is 32.1. The van der Waals surface area contributed by atoms with Crippen LogP contribution in [0.5, 0.6) is 0 Å². The van der Waals surface area contributed by atoms with E-state index in [1.165, 1.54) is 16.2 Å². The van der Waals surface area contributed by atoms with E-state index in [1.54, 1.807) is 30.3 Å². The maximum Gasteiger partial charge on any atom is 0.411 e. The van der Waals surface area contributed by atoms with E-state index >= 15 is 0 Å². The molecule has 4 rings (SSSR count). The summed E-state index contributed by atoms with van der Waals surface area (Å²) in [7, 11) is 0. The average molecular weight is 464 g/mol. The second kappa shape index (κ2) is 10.3. The zero-order valence-corrected chi connectivity index (χ0v) is 19.0. The Balaban J connectivity index is 1.54. The summed E-state index contributed by atoms with van der Waals surface area (Å²) < 4.78 is 5.67. The number of anilines is 1. The summed E-state index contributed by atoms with van der Waals surface area (Å²) in [5, 5.41) is 7.59. The van der Waals surface area contributed by atoms with Crippen LogP contribution in [-0.4, -0.2) is 35.4 Å². The molecule has 0 radical (unpaired) electrons. The molecule has 0 spiro atoms. The van der Waals surface area contributed by atoms with Gasteiger partial charge in [-0.05, 0) is 41.1 Å². The Kier molecular flexibility index (Phi) is 7.04. The van der Waals surface area contributed by atoms with E-state index < -0.39 is 18.2 Å². The zero-order valence-electron chi connectivity index (χ0n) is 18.2. The molecule has 1 fully saturated rings. The molecule has 0 saturated carbocycles. The molecule has 2 N–H and O–H groups in total. The zero-order chi connectivity index (χ0) is 23.2. The lowest BCUT2D eigenvalue weighted by Gasteiger charge is -2.24. The summed E-state index contributed by atoms with van der Waals surface area (Å²) in [6.45, 7) is 2.76. The molecule has 1 aromatic heterocycles. The lowest BCUT2D eigenvalue weighted by atomic mass is 10.00. The molecule has 1 aliphatic rings. The van der Waals surface area contributed by atoms with Crippen LogP contribution in [0.2, 0.25) is 0 Å². The van der Waals surface area contributed by atoms with Crippen LogP contribution in [0.15, 0.2) is 72.1 Å². The molecule has 3 amide bonds. The van der Waals surface area contributed by atoms with Gasteiger partial charge in [0, 0.05) is 12.2 Å². The van der Waals surface area contributed by atoms with Crippen LogP contribution in [0.3, 0.4) is 0 Å². The first kappa shape index (κ1) is 22.5. The van der Waals surface area contributed by atoms with Gasteiger partial charge in [0.2, 0.25) is 5.91 Å².